The number of ether oxygens (including phenoxy) is 1. The highest BCUT2D eigenvalue weighted by Gasteiger charge is 2.50. The molecule has 2 amide bonds. The third kappa shape index (κ3) is 3.68. The molecule has 4 aromatic rings. The number of hydrogen-bond acceptors (Lipinski definition) is 5. The van der Waals surface area contributed by atoms with Crippen LogP contribution < -0.4 is 5.32 Å². The number of cyclic esters (lactones) is 1. The van der Waals surface area contributed by atoms with Crippen LogP contribution in [0.1, 0.15) is 44.0 Å². The van der Waals surface area contributed by atoms with Crippen LogP contribution in [0.4, 0.5) is 9.18 Å². The van der Waals surface area contributed by atoms with Crippen molar-refractivity contribution in [3.8, 4) is 5.69 Å². The van der Waals surface area contributed by atoms with Gasteiger partial charge in [-0.3, -0.25) is 14.9 Å². The maximum atomic E-state index is 13.9. The van der Waals surface area contributed by atoms with Gasteiger partial charge in [0.15, 0.2) is 5.60 Å². The van der Waals surface area contributed by atoms with Crippen molar-refractivity contribution in [1.29, 1.82) is 0 Å². The number of nitrogens with one attached hydrogen (secondary N) is 1. The molecule has 2 aliphatic rings. The first kappa shape index (κ1) is 23.9. The van der Waals surface area contributed by atoms with Crippen LogP contribution in [0, 0.1) is 19.7 Å². The van der Waals surface area contributed by atoms with Crippen molar-refractivity contribution in [3.63, 3.8) is 0 Å². The molecule has 1 fully saturated rings. The number of halogens is 1. The van der Waals surface area contributed by atoms with Crippen LogP contribution in [0.25, 0.3) is 11.8 Å². The number of aryl methyl sites for hydroxylation is 1. The van der Waals surface area contributed by atoms with Gasteiger partial charge in [0.1, 0.15) is 5.82 Å². The fourth-order valence-electron chi connectivity index (χ4n) is 5.28. The monoisotopic (exact) mass is 524 g/mol. The van der Waals surface area contributed by atoms with Gasteiger partial charge < -0.3 is 9.30 Å². The van der Waals surface area contributed by atoms with Crippen molar-refractivity contribution in [1.82, 2.24) is 9.88 Å². The van der Waals surface area contributed by atoms with Gasteiger partial charge in [-0.15, -0.1) is 0 Å². The van der Waals surface area contributed by atoms with Gasteiger partial charge in [0.25, 0.3) is 11.1 Å². The van der Waals surface area contributed by atoms with Crippen LogP contribution in [-0.2, 0) is 15.1 Å². The average Bonchev–Trinajstić information content (AvgIpc) is 3.50. The summed E-state index contributed by atoms with van der Waals surface area (Å²) in [5.41, 5.74) is 4.83. The van der Waals surface area contributed by atoms with Crippen molar-refractivity contribution >= 4 is 35.0 Å². The minimum atomic E-state index is -1.23. The van der Waals surface area contributed by atoms with Crippen molar-refractivity contribution in [2.45, 2.75) is 19.4 Å². The zero-order chi connectivity index (χ0) is 26.6. The van der Waals surface area contributed by atoms with Crippen molar-refractivity contribution in [2.75, 3.05) is 0 Å². The molecule has 0 saturated carbocycles. The molecule has 1 atom stereocenters. The van der Waals surface area contributed by atoms with E-state index in [1.54, 1.807) is 30.3 Å². The smallest absolute Gasteiger partial charge is 0.340 e. The Kier molecular flexibility index (Phi) is 5.57. The molecular weight excluding hydrogens is 503 g/mol. The topological polar surface area (TPSA) is 77.4 Å². The average molecular weight is 525 g/mol. The largest absolute Gasteiger partial charge is 0.441 e. The Morgan fingerprint density at radius 1 is 0.921 bits per heavy atom. The lowest BCUT2D eigenvalue weighted by Gasteiger charge is -2.30. The van der Waals surface area contributed by atoms with Gasteiger partial charge >= 0.3 is 5.97 Å². The van der Waals surface area contributed by atoms with E-state index < -0.39 is 17.5 Å². The molecule has 2 aliphatic heterocycles. The van der Waals surface area contributed by atoms with E-state index in [0.717, 1.165) is 40.0 Å². The summed E-state index contributed by atoms with van der Waals surface area (Å²) in [7, 11) is 0. The highest BCUT2D eigenvalue weighted by Crippen LogP contribution is 2.49. The summed E-state index contributed by atoms with van der Waals surface area (Å²) >= 11 is 0.876. The van der Waals surface area contributed by atoms with Gasteiger partial charge in [0.2, 0.25) is 0 Å². The Labute approximate surface area is 222 Å². The van der Waals surface area contributed by atoms with Gasteiger partial charge in [0.05, 0.1) is 10.5 Å². The summed E-state index contributed by atoms with van der Waals surface area (Å²) in [6.07, 6.45) is 1.67. The first-order chi connectivity index (χ1) is 18.3. The molecule has 3 heterocycles. The number of carbonyl (C=O) groups excluding carboxylic acids is 3. The summed E-state index contributed by atoms with van der Waals surface area (Å²) in [5.74, 6) is -1.21. The van der Waals surface area contributed by atoms with Gasteiger partial charge in [-0.05, 0) is 73.6 Å². The number of aromatic nitrogens is 1. The standard InChI is InChI=1S/C30H21FN2O4S/c1-17-15-25(18(2)33(17)22-13-7-19(8-14-22)16-26-27(34)32-29(36)38-26)30(20-9-11-21(31)12-10-20)24-6-4-3-5-23(24)28(35)37-30/h3-16H,1-2H3,(H,32,34,36)/b26-16-. The summed E-state index contributed by atoms with van der Waals surface area (Å²) in [6.45, 7) is 3.93. The Morgan fingerprint density at radius 2 is 1.63 bits per heavy atom. The quantitative estimate of drug-likeness (QED) is 0.261. The second kappa shape index (κ2) is 8.85. The van der Waals surface area contributed by atoms with Gasteiger partial charge in [-0.1, -0.05) is 42.5 Å². The number of esters is 1. The van der Waals surface area contributed by atoms with Crippen LogP contribution in [-0.4, -0.2) is 21.7 Å². The molecule has 1 N–H and O–H groups in total. The second-order valence-corrected chi connectivity index (χ2v) is 10.2. The predicted octanol–water partition coefficient (Wildman–Crippen LogP) is 6.02. The number of benzene rings is 3. The summed E-state index contributed by atoms with van der Waals surface area (Å²) in [6, 6.07) is 22.9. The van der Waals surface area contributed by atoms with Crippen molar-refractivity contribution < 1.29 is 23.5 Å². The molecule has 6 nitrogen and oxygen atoms in total. The lowest BCUT2D eigenvalue weighted by Crippen LogP contribution is -2.30. The molecule has 1 saturated heterocycles. The molecule has 8 heteroatoms. The second-order valence-electron chi connectivity index (χ2n) is 9.19. The van der Waals surface area contributed by atoms with Crippen LogP contribution in [0.5, 0.6) is 0 Å². The Bertz CT molecular complexity index is 1670. The highest BCUT2D eigenvalue weighted by molar-refractivity contribution is 8.18. The molecule has 188 valence electrons. The number of fused-ring (bicyclic) bond motifs is 1. The lowest BCUT2D eigenvalue weighted by molar-refractivity contribution is -0.115. The maximum absolute atomic E-state index is 13.9. The number of carbonyl (C=O) groups is 3. The zero-order valence-corrected chi connectivity index (χ0v) is 21.3. The fourth-order valence-corrected chi connectivity index (χ4v) is 5.96. The van der Waals surface area contributed by atoms with Gasteiger partial charge in [-0.25, -0.2) is 9.18 Å². The Balaban J connectivity index is 1.47. The molecule has 1 aromatic heterocycles. The number of rotatable bonds is 4. The van der Waals surface area contributed by atoms with E-state index in [2.05, 4.69) is 9.88 Å². The Hall–Kier alpha value is -4.43. The van der Waals surface area contributed by atoms with E-state index in [1.807, 2.05) is 56.3 Å². The highest BCUT2D eigenvalue weighted by atomic mass is 32.2. The van der Waals surface area contributed by atoms with E-state index in [-0.39, 0.29) is 11.1 Å². The maximum Gasteiger partial charge on any atom is 0.340 e. The van der Waals surface area contributed by atoms with Gasteiger partial charge in [0, 0.05) is 33.8 Å². The van der Waals surface area contributed by atoms with Crippen LogP contribution >= 0.6 is 11.8 Å². The third-order valence-corrected chi connectivity index (χ3v) is 7.73. The van der Waals surface area contributed by atoms with Crippen LogP contribution in [0.15, 0.2) is 83.8 Å². The Morgan fingerprint density at radius 3 is 2.32 bits per heavy atom. The van der Waals surface area contributed by atoms with Gasteiger partial charge in [-0.2, -0.15) is 0 Å². The molecule has 0 radical (unpaired) electrons. The number of thioether (sulfide) groups is 1. The summed E-state index contributed by atoms with van der Waals surface area (Å²) in [4.78, 5) is 36.7. The summed E-state index contributed by atoms with van der Waals surface area (Å²) < 4.78 is 22.1. The number of nitrogens with zero attached hydrogens (tertiary/aromatic N) is 1. The van der Waals surface area contributed by atoms with E-state index in [9.17, 15) is 18.8 Å². The van der Waals surface area contributed by atoms with Crippen molar-refractivity contribution in [3.05, 3.63) is 129 Å². The van der Waals surface area contributed by atoms with Crippen LogP contribution in [0.2, 0.25) is 0 Å². The first-order valence-corrected chi connectivity index (χ1v) is 12.7. The normalized spacial score (nSPS) is 19.6. The SMILES string of the molecule is Cc1cc(C2(c3ccc(F)cc3)OC(=O)c3ccccc32)c(C)n1-c1ccc(/C=C2\SC(=O)NC2=O)cc1. The summed E-state index contributed by atoms with van der Waals surface area (Å²) in [5, 5.41) is 1.87. The molecule has 38 heavy (non-hydrogen) atoms. The van der Waals surface area contributed by atoms with E-state index in [4.69, 9.17) is 4.74 Å². The van der Waals surface area contributed by atoms with E-state index in [1.165, 1.54) is 12.1 Å². The predicted molar refractivity (Wildman–Crippen MR) is 142 cm³/mol. The number of hydrogen-bond donors (Lipinski definition) is 1. The first-order valence-electron chi connectivity index (χ1n) is 11.9. The molecule has 0 aliphatic carbocycles. The molecule has 0 bridgehead atoms. The minimum absolute atomic E-state index is 0.348. The number of imide groups is 1. The van der Waals surface area contributed by atoms with E-state index >= 15 is 0 Å². The minimum Gasteiger partial charge on any atom is -0.441 e. The lowest BCUT2D eigenvalue weighted by atomic mass is 9.80. The molecule has 6 rings (SSSR count). The number of amides is 2. The van der Waals surface area contributed by atoms with Crippen molar-refractivity contribution in [2.24, 2.45) is 0 Å². The van der Waals surface area contributed by atoms with Crippen LogP contribution in [0.3, 0.4) is 0 Å². The van der Waals surface area contributed by atoms with E-state index in [0.29, 0.717) is 21.6 Å². The third-order valence-electron chi connectivity index (χ3n) is 6.92. The molecule has 3 aromatic carbocycles. The molecule has 1 unspecified atom stereocenters. The molecule has 0 spiro atoms. The zero-order valence-electron chi connectivity index (χ0n) is 20.4. The fraction of sp³-hybridized carbons (Fsp3) is 0.100. The molecular formula is C30H21FN2O4S.